The lowest BCUT2D eigenvalue weighted by atomic mass is 10.2. The first-order valence-corrected chi connectivity index (χ1v) is 5.84. The molecule has 0 N–H and O–H groups in total. The van der Waals surface area contributed by atoms with Gasteiger partial charge in [0.05, 0.1) is 6.61 Å². The Morgan fingerprint density at radius 3 is 2.18 bits per heavy atom. The monoisotopic (exact) mass is 224 g/mol. The predicted octanol–water partition coefficient (Wildman–Crippen LogP) is 4.17. The maximum atomic E-state index is 5.59. The summed E-state index contributed by atoms with van der Waals surface area (Å²) >= 11 is 0. The summed E-state index contributed by atoms with van der Waals surface area (Å²) in [5, 5.41) is 0. The number of benzene rings is 2. The largest absolute Gasteiger partial charge is 0.493 e. The number of para-hydroxylation sites is 1. The molecule has 0 spiro atoms. The van der Waals surface area contributed by atoms with Gasteiger partial charge in [0.15, 0.2) is 0 Å². The van der Waals surface area contributed by atoms with Crippen LogP contribution < -0.4 is 4.74 Å². The molecule has 0 aromatic heterocycles. The van der Waals surface area contributed by atoms with Crippen LogP contribution in [-0.2, 0) is 0 Å². The van der Waals surface area contributed by atoms with Gasteiger partial charge in [0.25, 0.3) is 0 Å². The van der Waals surface area contributed by atoms with E-state index >= 15 is 0 Å². The molecule has 0 aliphatic rings. The molecular weight excluding hydrogens is 208 g/mol. The summed E-state index contributed by atoms with van der Waals surface area (Å²) in [7, 11) is 0. The molecule has 2 aromatic rings. The maximum Gasteiger partial charge on any atom is 0.119 e. The molecule has 1 nitrogen and oxygen atoms in total. The van der Waals surface area contributed by atoms with Crippen molar-refractivity contribution >= 4 is 6.08 Å². The molecule has 0 saturated carbocycles. The van der Waals surface area contributed by atoms with Crippen LogP contribution in [0.5, 0.6) is 5.75 Å². The van der Waals surface area contributed by atoms with Gasteiger partial charge < -0.3 is 4.74 Å². The molecule has 0 heterocycles. The highest BCUT2D eigenvalue weighted by molar-refractivity contribution is 5.48. The van der Waals surface area contributed by atoms with Gasteiger partial charge in [0, 0.05) is 0 Å². The Hall–Kier alpha value is -2.02. The second kappa shape index (κ2) is 6.54. The van der Waals surface area contributed by atoms with Gasteiger partial charge in [-0.05, 0) is 24.1 Å². The molecule has 17 heavy (non-hydrogen) atoms. The topological polar surface area (TPSA) is 9.23 Å². The van der Waals surface area contributed by atoms with E-state index in [4.69, 9.17) is 4.74 Å². The van der Waals surface area contributed by atoms with Crippen molar-refractivity contribution in [2.45, 2.75) is 6.42 Å². The molecule has 0 radical (unpaired) electrons. The van der Waals surface area contributed by atoms with Gasteiger partial charge in [-0.2, -0.15) is 0 Å². The molecule has 0 amide bonds. The highest BCUT2D eigenvalue weighted by Crippen LogP contribution is 2.08. The van der Waals surface area contributed by atoms with Crippen LogP contribution in [0.25, 0.3) is 6.08 Å². The summed E-state index contributed by atoms with van der Waals surface area (Å²) in [4.78, 5) is 0. The Morgan fingerprint density at radius 2 is 1.47 bits per heavy atom. The van der Waals surface area contributed by atoms with Gasteiger partial charge in [-0.3, -0.25) is 0 Å². The number of ether oxygens (including phenoxy) is 1. The van der Waals surface area contributed by atoms with Crippen LogP contribution in [0.15, 0.2) is 66.7 Å². The maximum absolute atomic E-state index is 5.59. The Morgan fingerprint density at radius 1 is 0.824 bits per heavy atom. The van der Waals surface area contributed by atoms with Gasteiger partial charge in [-0.25, -0.2) is 0 Å². The van der Waals surface area contributed by atoms with E-state index < -0.39 is 0 Å². The van der Waals surface area contributed by atoms with Gasteiger partial charge in [-0.1, -0.05) is 60.7 Å². The Kier molecular flexibility index (Phi) is 4.41. The van der Waals surface area contributed by atoms with Crippen molar-refractivity contribution in [2.24, 2.45) is 0 Å². The first-order valence-electron chi connectivity index (χ1n) is 5.84. The van der Waals surface area contributed by atoms with Crippen molar-refractivity contribution in [3.63, 3.8) is 0 Å². The molecule has 2 rings (SSSR count). The normalized spacial score (nSPS) is 10.6. The van der Waals surface area contributed by atoms with Crippen LogP contribution in [0.4, 0.5) is 0 Å². The van der Waals surface area contributed by atoms with Crippen LogP contribution in [0.3, 0.4) is 0 Å². The summed E-state index contributed by atoms with van der Waals surface area (Å²) in [6.07, 6.45) is 5.18. The lowest BCUT2D eigenvalue weighted by Crippen LogP contribution is -1.94. The van der Waals surface area contributed by atoms with Crippen molar-refractivity contribution in [3.05, 3.63) is 72.3 Å². The minimum absolute atomic E-state index is 0.716. The van der Waals surface area contributed by atoms with Crippen LogP contribution in [0.2, 0.25) is 0 Å². The second-order valence-corrected chi connectivity index (χ2v) is 3.76. The number of hydrogen-bond acceptors (Lipinski definition) is 1. The van der Waals surface area contributed by atoms with Gasteiger partial charge >= 0.3 is 0 Å². The molecule has 0 aliphatic heterocycles. The SMILES string of the molecule is C(=Cc1ccccc1)CCOc1ccccc1. The fourth-order valence-corrected chi connectivity index (χ4v) is 1.55. The number of rotatable bonds is 5. The van der Waals surface area contributed by atoms with Crippen LogP contribution in [0, 0.1) is 0 Å². The van der Waals surface area contributed by atoms with Crippen molar-refractivity contribution in [1.29, 1.82) is 0 Å². The molecule has 0 unspecified atom stereocenters. The zero-order valence-corrected chi connectivity index (χ0v) is 9.75. The standard InChI is InChI=1S/C16H16O/c1-3-9-15(10-4-1)11-7-8-14-17-16-12-5-2-6-13-16/h1-7,9-13H,8,14H2. The highest BCUT2D eigenvalue weighted by atomic mass is 16.5. The fraction of sp³-hybridized carbons (Fsp3) is 0.125. The minimum Gasteiger partial charge on any atom is -0.493 e. The van der Waals surface area contributed by atoms with Crippen LogP contribution in [-0.4, -0.2) is 6.61 Å². The van der Waals surface area contributed by atoms with Gasteiger partial charge in [0.2, 0.25) is 0 Å². The summed E-state index contributed by atoms with van der Waals surface area (Å²) in [6, 6.07) is 20.2. The lowest BCUT2D eigenvalue weighted by molar-refractivity contribution is 0.325. The Bertz CT molecular complexity index is 445. The molecule has 0 atom stereocenters. The molecule has 0 fully saturated rings. The van der Waals surface area contributed by atoms with E-state index in [0.29, 0.717) is 6.61 Å². The third-order valence-corrected chi connectivity index (χ3v) is 2.41. The van der Waals surface area contributed by atoms with E-state index in [1.54, 1.807) is 0 Å². The fourth-order valence-electron chi connectivity index (χ4n) is 1.55. The van der Waals surface area contributed by atoms with E-state index in [1.807, 2.05) is 48.5 Å². The van der Waals surface area contributed by atoms with Crippen LogP contribution in [0.1, 0.15) is 12.0 Å². The molecule has 2 aromatic carbocycles. The summed E-state index contributed by atoms with van der Waals surface area (Å²) in [5.41, 5.74) is 1.23. The van der Waals surface area contributed by atoms with Crippen molar-refractivity contribution < 1.29 is 4.74 Å². The zero-order chi connectivity index (χ0) is 11.8. The Balaban J connectivity index is 1.72. The van der Waals surface area contributed by atoms with Crippen molar-refractivity contribution in [3.8, 4) is 5.75 Å². The third kappa shape index (κ3) is 4.15. The lowest BCUT2D eigenvalue weighted by Gasteiger charge is -2.02. The van der Waals surface area contributed by atoms with Gasteiger partial charge in [0.1, 0.15) is 5.75 Å². The first kappa shape index (κ1) is 11.5. The summed E-state index contributed by atoms with van der Waals surface area (Å²) in [5.74, 6) is 0.931. The second-order valence-electron chi connectivity index (χ2n) is 3.76. The molecular formula is C16H16O. The van der Waals surface area contributed by atoms with E-state index in [2.05, 4.69) is 24.3 Å². The van der Waals surface area contributed by atoms with E-state index in [0.717, 1.165) is 12.2 Å². The Labute approximate surface area is 102 Å². The van der Waals surface area contributed by atoms with Gasteiger partial charge in [-0.15, -0.1) is 0 Å². The average molecular weight is 224 g/mol. The first-order chi connectivity index (χ1) is 8.45. The molecule has 1 heteroatoms. The van der Waals surface area contributed by atoms with Crippen molar-refractivity contribution in [2.75, 3.05) is 6.61 Å². The zero-order valence-electron chi connectivity index (χ0n) is 9.75. The smallest absolute Gasteiger partial charge is 0.119 e. The average Bonchev–Trinajstić information content (AvgIpc) is 2.41. The molecule has 86 valence electrons. The minimum atomic E-state index is 0.716. The molecule has 0 saturated heterocycles. The summed E-state index contributed by atoms with van der Waals surface area (Å²) in [6.45, 7) is 0.716. The van der Waals surface area contributed by atoms with E-state index in [9.17, 15) is 0 Å². The van der Waals surface area contributed by atoms with Crippen LogP contribution >= 0.6 is 0 Å². The molecule has 0 aliphatic carbocycles. The predicted molar refractivity (Wildman–Crippen MR) is 72.0 cm³/mol. The van der Waals surface area contributed by atoms with Crippen molar-refractivity contribution in [1.82, 2.24) is 0 Å². The quantitative estimate of drug-likeness (QED) is 0.693. The van der Waals surface area contributed by atoms with E-state index in [-0.39, 0.29) is 0 Å². The third-order valence-electron chi connectivity index (χ3n) is 2.41. The summed E-state index contributed by atoms with van der Waals surface area (Å²) < 4.78 is 5.59. The highest BCUT2D eigenvalue weighted by Gasteiger charge is 1.89. The molecule has 0 bridgehead atoms. The number of hydrogen-bond donors (Lipinski definition) is 0. The van der Waals surface area contributed by atoms with E-state index in [1.165, 1.54) is 5.56 Å².